The topological polar surface area (TPSA) is 42.0 Å². The molecule has 1 aromatic heterocycles. The van der Waals surface area contributed by atoms with Gasteiger partial charge in [-0.2, -0.15) is 0 Å². The summed E-state index contributed by atoms with van der Waals surface area (Å²) in [4.78, 5) is 17.8. The number of carbonyl (C=O) groups is 1. The van der Waals surface area contributed by atoms with E-state index in [1.807, 2.05) is 42.5 Å². The number of halogens is 2. The first-order valence-electron chi connectivity index (χ1n) is 8.21. The zero-order chi connectivity index (χ0) is 17.4. The molecule has 1 aliphatic carbocycles. The van der Waals surface area contributed by atoms with Gasteiger partial charge in [0, 0.05) is 9.50 Å². The Balaban J connectivity index is 1.67. The van der Waals surface area contributed by atoms with Crippen molar-refractivity contribution in [2.24, 2.45) is 0 Å². The SMILES string of the molecule is O=C(Nc1nc2c(Br)cccc2s1)C1(c2ccc(Cl)cc2)CCCC1. The highest BCUT2D eigenvalue weighted by Gasteiger charge is 2.43. The Morgan fingerprint density at radius 1 is 1.16 bits per heavy atom. The summed E-state index contributed by atoms with van der Waals surface area (Å²) in [5.74, 6) is 0.0301. The number of benzene rings is 2. The van der Waals surface area contributed by atoms with Gasteiger partial charge in [-0.25, -0.2) is 4.98 Å². The first kappa shape index (κ1) is 17.0. The Labute approximate surface area is 163 Å². The van der Waals surface area contributed by atoms with Crippen molar-refractivity contribution in [3.05, 3.63) is 57.5 Å². The van der Waals surface area contributed by atoms with Gasteiger partial charge >= 0.3 is 0 Å². The Kier molecular flexibility index (Phi) is 4.56. The third kappa shape index (κ3) is 3.09. The van der Waals surface area contributed by atoms with Gasteiger partial charge in [-0.15, -0.1) is 0 Å². The molecule has 128 valence electrons. The highest BCUT2D eigenvalue weighted by Crippen LogP contribution is 2.43. The molecule has 1 heterocycles. The lowest BCUT2D eigenvalue weighted by molar-refractivity contribution is -0.121. The first-order valence-corrected chi connectivity index (χ1v) is 10.2. The zero-order valence-corrected chi connectivity index (χ0v) is 16.5. The molecule has 1 amide bonds. The molecule has 1 fully saturated rings. The molecule has 1 N–H and O–H groups in total. The summed E-state index contributed by atoms with van der Waals surface area (Å²) in [6.45, 7) is 0. The van der Waals surface area contributed by atoms with Crippen LogP contribution < -0.4 is 5.32 Å². The number of amides is 1. The maximum atomic E-state index is 13.2. The summed E-state index contributed by atoms with van der Waals surface area (Å²) in [5, 5.41) is 4.40. The molecule has 0 bridgehead atoms. The molecule has 6 heteroatoms. The lowest BCUT2D eigenvalue weighted by atomic mass is 9.78. The van der Waals surface area contributed by atoms with Crippen LogP contribution in [-0.4, -0.2) is 10.9 Å². The summed E-state index contributed by atoms with van der Waals surface area (Å²) in [7, 11) is 0. The van der Waals surface area contributed by atoms with Crippen LogP contribution in [0.15, 0.2) is 46.9 Å². The minimum atomic E-state index is -0.486. The number of thiazole rings is 1. The predicted octanol–water partition coefficient (Wildman–Crippen LogP) is 6.16. The number of aromatic nitrogens is 1. The van der Waals surface area contributed by atoms with Crippen LogP contribution in [0, 0.1) is 0 Å². The maximum absolute atomic E-state index is 13.2. The quantitative estimate of drug-likeness (QED) is 0.535. The number of carbonyl (C=O) groups excluding carboxylic acids is 1. The molecule has 3 aromatic rings. The van der Waals surface area contributed by atoms with E-state index in [1.165, 1.54) is 11.3 Å². The van der Waals surface area contributed by atoms with Crippen LogP contribution in [0.1, 0.15) is 31.2 Å². The smallest absolute Gasteiger partial charge is 0.236 e. The lowest BCUT2D eigenvalue weighted by Gasteiger charge is -2.27. The molecule has 0 atom stereocenters. The van der Waals surface area contributed by atoms with Gasteiger partial charge in [0.25, 0.3) is 0 Å². The van der Waals surface area contributed by atoms with E-state index in [0.29, 0.717) is 10.2 Å². The number of para-hydroxylation sites is 1. The van der Waals surface area contributed by atoms with Gasteiger partial charge in [-0.1, -0.05) is 54.0 Å². The van der Waals surface area contributed by atoms with Crippen LogP contribution in [0.2, 0.25) is 5.02 Å². The van der Waals surface area contributed by atoms with Gasteiger partial charge in [0.05, 0.1) is 15.6 Å². The van der Waals surface area contributed by atoms with E-state index in [2.05, 4.69) is 26.2 Å². The monoisotopic (exact) mass is 434 g/mol. The van der Waals surface area contributed by atoms with E-state index in [0.717, 1.165) is 45.9 Å². The number of hydrogen-bond acceptors (Lipinski definition) is 3. The molecule has 1 aliphatic rings. The van der Waals surface area contributed by atoms with Gasteiger partial charge in [-0.3, -0.25) is 4.79 Å². The molecule has 25 heavy (non-hydrogen) atoms. The summed E-state index contributed by atoms with van der Waals surface area (Å²) in [6, 6.07) is 13.6. The molecule has 0 saturated heterocycles. The molecule has 4 rings (SSSR count). The van der Waals surface area contributed by atoms with Gasteiger partial charge in [-0.05, 0) is 58.6 Å². The number of hydrogen-bond donors (Lipinski definition) is 1. The summed E-state index contributed by atoms with van der Waals surface area (Å²) in [6.07, 6.45) is 3.83. The average Bonchev–Trinajstić information content (AvgIpc) is 3.24. The van der Waals surface area contributed by atoms with E-state index in [1.54, 1.807) is 0 Å². The van der Waals surface area contributed by atoms with Gasteiger partial charge < -0.3 is 5.32 Å². The van der Waals surface area contributed by atoms with E-state index < -0.39 is 5.41 Å². The van der Waals surface area contributed by atoms with E-state index in [9.17, 15) is 4.79 Å². The van der Waals surface area contributed by atoms with Crippen molar-refractivity contribution in [3.63, 3.8) is 0 Å². The van der Waals surface area contributed by atoms with Crippen LogP contribution >= 0.6 is 38.9 Å². The second kappa shape index (κ2) is 6.71. The van der Waals surface area contributed by atoms with Crippen molar-refractivity contribution in [1.82, 2.24) is 4.98 Å². The minimum absolute atomic E-state index is 0.0301. The number of nitrogens with one attached hydrogen (secondary N) is 1. The van der Waals surface area contributed by atoms with Crippen LogP contribution in [-0.2, 0) is 10.2 Å². The van der Waals surface area contributed by atoms with Crippen molar-refractivity contribution in [1.29, 1.82) is 0 Å². The first-order chi connectivity index (χ1) is 12.1. The minimum Gasteiger partial charge on any atom is -0.301 e. The van der Waals surface area contributed by atoms with E-state index in [-0.39, 0.29) is 5.91 Å². The number of rotatable bonds is 3. The Morgan fingerprint density at radius 2 is 1.88 bits per heavy atom. The lowest BCUT2D eigenvalue weighted by Crippen LogP contribution is -2.37. The fraction of sp³-hybridized carbons (Fsp3) is 0.263. The van der Waals surface area contributed by atoms with Gasteiger partial charge in [0.2, 0.25) is 5.91 Å². The molecule has 0 spiro atoms. The van der Waals surface area contributed by atoms with Crippen LogP contribution in [0.5, 0.6) is 0 Å². The second-order valence-corrected chi connectivity index (χ2v) is 8.68. The van der Waals surface area contributed by atoms with E-state index in [4.69, 9.17) is 11.6 Å². The van der Waals surface area contributed by atoms with Crippen LogP contribution in [0.25, 0.3) is 10.2 Å². The summed E-state index contributed by atoms with van der Waals surface area (Å²) in [5.41, 5.74) is 1.43. The van der Waals surface area contributed by atoms with Crippen molar-refractivity contribution >= 4 is 60.1 Å². The molecule has 0 aliphatic heterocycles. The standard InChI is InChI=1S/C19H16BrClN2OS/c20-14-4-3-5-15-16(14)22-18(25-15)23-17(24)19(10-1-2-11-19)12-6-8-13(21)9-7-12/h3-9H,1-2,10-11H2,(H,22,23,24). The van der Waals surface area contributed by atoms with Gasteiger partial charge in [0.15, 0.2) is 5.13 Å². The highest BCUT2D eigenvalue weighted by molar-refractivity contribution is 9.10. The molecule has 1 saturated carbocycles. The third-order valence-corrected chi connectivity index (χ3v) is 6.71. The van der Waals surface area contributed by atoms with E-state index >= 15 is 0 Å². The van der Waals surface area contributed by atoms with Crippen LogP contribution in [0.4, 0.5) is 5.13 Å². The second-order valence-electron chi connectivity index (χ2n) is 6.36. The molecule has 0 radical (unpaired) electrons. The number of anilines is 1. The summed E-state index contributed by atoms with van der Waals surface area (Å²) < 4.78 is 1.99. The highest BCUT2D eigenvalue weighted by atomic mass is 79.9. The summed E-state index contributed by atoms with van der Waals surface area (Å²) >= 11 is 11.0. The largest absolute Gasteiger partial charge is 0.301 e. The Morgan fingerprint density at radius 3 is 2.56 bits per heavy atom. The van der Waals surface area contributed by atoms with Gasteiger partial charge in [0.1, 0.15) is 0 Å². The molecule has 0 unspecified atom stereocenters. The zero-order valence-electron chi connectivity index (χ0n) is 13.4. The van der Waals surface area contributed by atoms with Crippen molar-refractivity contribution < 1.29 is 4.79 Å². The molecule has 2 aromatic carbocycles. The van der Waals surface area contributed by atoms with Crippen LogP contribution in [0.3, 0.4) is 0 Å². The molecular formula is C19H16BrClN2OS. The number of nitrogens with zero attached hydrogens (tertiary/aromatic N) is 1. The van der Waals surface area contributed by atoms with Crippen molar-refractivity contribution in [2.45, 2.75) is 31.1 Å². The van der Waals surface area contributed by atoms with Crippen molar-refractivity contribution in [2.75, 3.05) is 5.32 Å². The maximum Gasteiger partial charge on any atom is 0.236 e. The third-order valence-electron chi connectivity index (χ3n) is 4.88. The normalized spacial score (nSPS) is 16.2. The fourth-order valence-corrected chi connectivity index (χ4v) is 5.18. The Bertz CT molecular complexity index is 932. The predicted molar refractivity (Wildman–Crippen MR) is 108 cm³/mol. The Hall–Kier alpha value is -1.43. The average molecular weight is 436 g/mol. The fourth-order valence-electron chi connectivity index (χ4n) is 3.58. The van der Waals surface area contributed by atoms with Crippen molar-refractivity contribution in [3.8, 4) is 0 Å². The molecule has 3 nitrogen and oxygen atoms in total. The molecular weight excluding hydrogens is 420 g/mol. The number of fused-ring (bicyclic) bond motifs is 1.